The van der Waals surface area contributed by atoms with E-state index in [1.165, 1.54) is 18.3 Å². The van der Waals surface area contributed by atoms with Crippen molar-refractivity contribution in [3.05, 3.63) is 111 Å². The fourth-order valence-corrected chi connectivity index (χ4v) is 3.41. The topological polar surface area (TPSA) is 100 Å². The van der Waals surface area contributed by atoms with Gasteiger partial charge in [-0.05, 0) is 23.3 Å². The number of rotatable bonds is 6. The molecule has 158 valence electrons. The van der Waals surface area contributed by atoms with E-state index >= 15 is 0 Å². The Balaban J connectivity index is 1.62. The molecular weight excluding hydrogens is 428 g/mol. The van der Waals surface area contributed by atoms with E-state index in [-0.39, 0.29) is 10.7 Å². The summed E-state index contributed by atoms with van der Waals surface area (Å²) in [6.07, 6.45) is 1.32. The molecule has 4 rings (SSSR count). The lowest BCUT2D eigenvalue weighted by molar-refractivity contribution is -0.384. The largest absolute Gasteiger partial charge is 0.350 e. The summed E-state index contributed by atoms with van der Waals surface area (Å²) < 4.78 is 0. The molecule has 3 aromatic carbocycles. The van der Waals surface area contributed by atoms with Gasteiger partial charge in [-0.3, -0.25) is 14.9 Å². The summed E-state index contributed by atoms with van der Waals surface area (Å²) in [6, 6.07) is 25.4. The standard InChI is InChI=1S/C24H17ClN4O3/c25-20-12-11-16(13-22(20)29(31)32)15-26-28-24(30)23-19(17-7-3-1-4-8-17)14-21(27-23)18-9-5-2-6-10-18/h1-15,27H,(H,28,30). The number of carbonyl (C=O) groups excluding carboxylic acids is 1. The average Bonchev–Trinajstić information content (AvgIpc) is 3.27. The Bertz CT molecular complexity index is 1300. The van der Waals surface area contributed by atoms with Crippen molar-refractivity contribution < 1.29 is 9.72 Å². The van der Waals surface area contributed by atoms with Gasteiger partial charge >= 0.3 is 0 Å². The van der Waals surface area contributed by atoms with Crippen LogP contribution in [0.1, 0.15) is 16.1 Å². The first kappa shape index (κ1) is 21.0. The highest BCUT2D eigenvalue weighted by Gasteiger charge is 2.17. The molecule has 0 aliphatic heterocycles. The SMILES string of the molecule is O=C(NN=Cc1ccc(Cl)c([N+](=O)[O-])c1)c1[nH]c(-c2ccccc2)cc1-c1ccccc1. The minimum Gasteiger partial charge on any atom is -0.350 e. The molecule has 4 aromatic rings. The van der Waals surface area contributed by atoms with Crippen molar-refractivity contribution in [1.29, 1.82) is 0 Å². The maximum atomic E-state index is 12.9. The number of nitro benzene ring substituents is 1. The number of benzene rings is 3. The van der Waals surface area contributed by atoms with E-state index in [9.17, 15) is 14.9 Å². The fourth-order valence-electron chi connectivity index (χ4n) is 3.22. The van der Waals surface area contributed by atoms with Crippen molar-refractivity contribution in [3.8, 4) is 22.4 Å². The van der Waals surface area contributed by atoms with Crippen LogP contribution in [0.15, 0.2) is 90.0 Å². The number of hydrogen-bond donors (Lipinski definition) is 2. The van der Waals surface area contributed by atoms with Crippen LogP contribution in [0.25, 0.3) is 22.4 Å². The molecule has 0 atom stereocenters. The van der Waals surface area contributed by atoms with Crippen LogP contribution in [-0.4, -0.2) is 22.0 Å². The van der Waals surface area contributed by atoms with Crippen LogP contribution < -0.4 is 5.43 Å². The molecule has 1 aromatic heterocycles. The van der Waals surface area contributed by atoms with Gasteiger partial charge in [0.05, 0.1) is 11.1 Å². The highest BCUT2D eigenvalue weighted by atomic mass is 35.5. The predicted molar refractivity (Wildman–Crippen MR) is 125 cm³/mol. The molecule has 0 saturated carbocycles. The highest BCUT2D eigenvalue weighted by molar-refractivity contribution is 6.32. The Hall–Kier alpha value is -4.23. The number of nitrogens with one attached hydrogen (secondary N) is 2. The van der Waals surface area contributed by atoms with Crippen molar-refractivity contribution in [3.63, 3.8) is 0 Å². The summed E-state index contributed by atoms with van der Waals surface area (Å²) in [7, 11) is 0. The number of nitro groups is 1. The Morgan fingerprint density at radius 2 is 1.62 bits per heavy atom. The van der Waals surface area contributed by atoms with E-state index < -0.39 is 10.8 Å². The number of aromatic amines is 1. The minimum atomic E-state index is -0.575. The molecule has 0 bridgehead atoms. The van der Waals surface area contributed by atoms with Crippen LogP contribution in [0.2, 0.25) is 5.02 Å². The molecule has 0 radical (unpaired) electrons. The zero-order valence-corrected chi connectivity index (χ0v) is 17.4. The van der Waals surface area contributed by atoms with Crippen LogP contribution in [0, 0.1) is 10.1 Å². The first-order valence-corrected chi connectivity index (χ1v) is 10.0. The van der Waals surface area contributed by atoms with E-state index in [0.29, 0.717) is 11.3 Å². The van der Waals surface area contributed by atoms with Crippen LogP contribution in [0.5, 0.6) is 0 Å². The van der Waals surface area contributed by atoms with E-state index in [4.69, 9.17) is 11.6 Å². The van der Waals surface area contributed by atoms with Gasteiger partial charge in [-0.2, -0.15) is 5.10 Å². The molecule has 0 unspecified atom stereocenters. The predicted octanol–water partition coefficient (Wildman–Crippen LogP) is 5.67. The third kappa shape index (κ3) is 4.58. The summed E-state index contributed by atoms with van der Waals surface area (Å²) >= 11 is 5.82. The van der Waals surface area contributed by atoms with E-state index in [0.717, 1.165) is 22.4 Å². The number of nitrogens with zero attached hydrogens (tertiary/aromatic N) is 2. The number of hydrogen-bond acceptors (Lipinski definition) is 4. The molecular formula is C24H17ClN4O3. The quantitative estimate of drug-likeness (QED) is 0.227. The van der Waals surface area contributed by atoms with Crippen LogP contribution in [-0.2, 0) is 0 Å². The summed E-state index contributed by atoms with van der Waals surface area (Å²) in [5.41, 5.74) is 6.40. The monoisotopic (exact) mass is 444 g/mol. The molecule has 1 heterocycles. The normalized spacial score (nSPS) is 10.9. The lowest BCUT2D eigenvalue weighted by atomic mass is 10.0. The molecule has 0 spiro atoms. The van der Waals surface area contributed by atoms with Gasteiger partial charge in [0.1, 0.15) is 10.7 Å². The van der Waals surface area contributed by atoms with Gasteiger partial charge < -0.3 is 4.98 Å². The molecule has 0 fully saturated rings. The third-order valence-corrected chi connectivity index (χ3v) is 5.08. The Kier molecular flexibility index (Phi) is 6.10. The summed E-state index contributed by atoms with van der Waals surface area (Å²) in [5.74, 6) is -0.439. The molecule has 32 heavy (non-hydrogen) atoms. The van der Waals surface area contributed by atoms with Crippen molar-refractivity contribution in [1.82, 2.24) is 10.4 Å². The zero-order chi connectivity index (χ0) is 22.5. The van der Waals surface area contributed by atoms with E-state index in [1.54, 1.807) is 6.07 Å². The number of carbonyl (C=O) groups is 1. The summed E-state index contributed by atoms with van der Waals surface area (Å²) in [4.78, 5) is 26.6. The van der Waals surface area contributed by atoms with Gasteiger partial charge in [0, 0.05) is 22.9 Å². The van der Waals surface area contributed by atoms with Crippen molar-refractivity contribution in [2.75, 3.05) is 0 Å². The second-order valence-corrected chi connectivity index (χ2v) is 7.28. The number of H-pyrrole nitrogens is 1. The maximum Gasteiger partial charge on any atom is 0.288 e. The van der Waals surface area contributed by atoms with Crippen molar-refractivity contribution in [2.45, 2.75) is 0 Å². The van der Waals surface area contributed by atoms with E-state index in [1.807, 2.05) is 66.7 Å². The van der Waals surface area contributed by atoms with Crippen LogP contribution in [0.4, 0.5) is 5.69 Å². The minimum absolute atomic E-state index is 0.0310. The van der Waals surface area contributed by atoms with Gasteiger partial charge in [-0.1, -0.05) is 78.3 Å². The molecule has 1 amide bonds. The van der Waals surface area contributed by atoms with Gasteiger partial charge in [-0.25, -0.2) is 5.43 Å². The molecule has 0 aliphatic rings. The zero-order valence-electron chi connectivity index (χ0n) is 16.7. The van der Waals surface area contributed by atoms with E-state index in [2.05, 4.69) is 15.5 Å². The molecule has 8 heteroatoms. The number of aromatic nitrogens is 1. The number of halogens is 1. The Labute approximate surface area is 188 Å². The number of amides is 1. The summed E-state index contributed by atoms with van der Waals surface area (Å²) in [5, 5.41) is 15.0. The second-order valence-electron chi connectivity index (χ2n) is 6.87. The second kappa shape index (κ2) is 9.28. The molecule has 7 nitrogen and oxygen atoms in total. The molecule has 0 saturated heterocycles. The molecule has 0 aliphatic carbocycles. The average molecular weight is 445 g/mol. The highest BCUT2D eigenvalue weighted by Crippen LogP contribution is 2.30. The van der Waals surface area contributed by atoms with Crippen molar-refractivity contribution >= 4 is 29.4 Å². The van der Waals surface area contributed by atoms with Gasteiger partial charge in [0.2, 0.25) is 0 Å². The van der Waals surface area contributed by atoms with Crippen LogP contribution in [0.3, 0.4) is 0 Å². The van der Waals surface area contributed by atoms with Gasteiger partial charge in [-0.15, -0.1) is 0 Å². The van der Waals surface area contributed by atoms with Crippen molar-refractivity contribution in [2.24, 2.45) is 5.10 Å². The summed E-state index contributed by atoms with van der Waals surface area (Å²) in [6.45, 7) is 0. The maximum absolute atomic E-state index is 12.9. The number of hydrazone groups is 1. The van der Waals surface area contributed by atoms with Gasteiger partial charge in [0.15, 0.2) is 0 Å². The first-order valence-electron chi connectivity index (χ1n) is 9.64. The van der Waals surface area contributed by atoms with Crippen LogP contribution >= 0.6 is 11.6 Å². The first-order chi connectivity index (χ1) is 15.5. The lowest BCUT2D eigenvalue weighted by Crippen LogP contribution is -2.19. The lowest BCUT2D eigenvalue weighted by Gasteiger charge is -2.03. The van der Waals surface area contributed by atoms with Gasteiger partial charge in [0.25, 0.3) is 11.6 Å². The smallest absolute Gasteiger partial charge is 0.288 e. The molecule has 2 N–H and O–H groups in total. The Morgan fingerprint density at radius 3 is 2.28 bits per heavy atom. The Morgan fingerprint density at radius 1 is 0.969 bits per heavy atom. The fraction of sp³-hybridized carbons (Fsp3) is 0. The third-order valence-electron chi connectivity index (χ3n) is 4.76.